The van der Waals surface area contributed by atoms with Crippen molar-refractivity contribution in [1.82, 2.24) is 15.5 Å². The van der Waals surface area contributed by atoms with Crippen molar-refractivity contribution in [3.8, 4) is 0 Å². The molecule has 0 aromatic heterocycles. The number of amides is 2. The van der Waals surface area contributed by atoms with Gasteiger partial charge in [-0.25, -0.2) is 0 Å². The number of nitrogens with one attached hydrogen (secondary N) is 2. The largest absolute Gasteiger partial charge is 0.391 e. The van der Waals surface area contributed by atoms with Crippen LogP contribution in [0.3, 0.4) is 0 Å². The van der Waals surface area contributed by atoms with Crippen molar-refractivity contribution in [3.63, 3.8) is 0 Å². The molecule has 0 aliphatic carbocycles. The van der Waals surface area contributed by atoms with E-state index in [0.717, 1.165) is 30.8 Å². The zero-order valence-electron chi connectivity index (χ0n) is 14.6. The highest BCUT2D eigenvalue weighted by Gasteiger charge is 2.25. The van der Waals surface area contributed by atoms with E-state index in [1.54, 1.807) is 6.07 Å². The van der Waals surface area contributed by atoms with Gasteiger partial charge in [0.1, 0.15) is 0 Å². The topological polar surface area (TPSA) is 81.7 Å². The zero-order valence-corrected chi connectivity index (χ0v) is 16.3. The summed E-state index contributed by atoms with van der Waals surface area (Å²) in [6.07, 6.45) is 1.75. The first kappa shape index (κ1) is 21.0. The van der Waals surface area contributed by atoms with Crippen LogP contribution in [0.2, 0.25) is 0 Å². The molecular formula is C18H26ClN3O3S. The van der Waals surface area contributed by atoms with Gasteiger partial charge in [0.2, 0.25) is 5.91 Å². The summed E-state index contributed by atoms with van der Waals surface area (Å²) < 4.78 is 0. The van der Waals surface area contributed by atoms with Crippen molar-refractivity contribution in [3.05, 3.63) is 29.8 Å². The number of halogens is 1. The highest BCUT2D eigenvalue weighted by molar-refractivity contribution is 8.00. The minimum Gasteiger partial charge on any atom is -0.391 e. The van der Waals surface area contributed by atoms with Crippen molar-refractivity contribution in [2.24, 2.45) is 5.92 Å². The highest BCUT2D eigenvalue weighted by Crippen LogP contribution is 2.24. The average molecular weight is 400 g/mol. The second-order valence-electron chi connectivity index (χ2n) is 6.57. The summed E-state index contributed by atoms with van der Waals surface area (Å²) in [6.45, 7) is 3.42. The van der Waals surface area contributed by atoms with E-state index in [2.05, 4.69) is 10.6 Å². The van der Waals surface area contributed by atoms with Crippen LogP contribution in [0.25, 0.3) is 0 Å². The summed E-state index contributed by atoms with van der Waals surface area (Å²) in [5.41, 5.74) is 0.585. The molecule has 2 saturated heterocycles. The lowest BCUT2D eigenvalue weighted by Crippen LogP contribution is -2.34. The lowest BCUT2D eigenvalue weighted by molar-refractivity contribution is -0.127. The van der Waals surface area contributed by atoms with E-state index in [9.17, 15) is 14.7 Å². The van der Waals surface area contributed by atoms with Crippen molar-refractivity contribution in [2.45, 2.75) is 23.8 Å². The number of likely N-dealkylation sites (tertiary alicyclic amines) is 1. The first-order chi connectivity index (χ1) is 12.1. The number of carbonyl (C=O) groups is 2. The fourth-order valence-corrected chi connectivity index (χ4v) is 4.18. The number of thioether (sulfide) groups is 1. The molecule has 2 fully saturated rings. The summed E-state index contributed by atoms with van der Waals surface area (Å²) in [6, 6.07) is 7.36. The Hall–Kier alpha value is -1.28. The smallest absolute Gasteiger partial charge is 0.252 e. The van der Waals surface area contributed by atoms with E-state index in [4.69, 9.17) is 0 Å². The van der Waals surface area contributed by atoms with E-state index < -0.39 is 6.10 Å². The molecule has 0 bridgehead atoms. The molecule has 1 aromatic rings. The van der Waals surface area contributed by atoms with Gasteiger partial charge in [0.15, 0.2) is 0 Å². The summed E-state index contributed by atoms with van der Waals surface area (Å²) >= 11 is 1.42. The summed E-state index contributed by atoms with van der Waals surface area (Å²) in [5.74, 6) is 0.379. The fraction of sp³-hybridized carbons (Fsp3) is 0.556. The molecule has 2 aliphatic rings. The van der Waals surface area contributed by atoms with Gasteiger partial charge in [0.05, 0.1) is 17.4 Å². The standard InChI is InChI=1S/C18H25N3O3S.ClH/c22-15-11-19-9-13(15)10-20-18(24)14-5-1-2-6-16(14)25-12-17(23)21-7-3-4-8-21;/h1-2,5-6,13,15,19,22H,3-4,7-12H2,(H,20,24);1H. The molecule has 2 heterocycles. The van der Waals surface area contributed by atoms with Gasteiger partial charge in [-0.1, -0.05) is 12.1 Å². The number of benzene rings is 1. The first-order valence-corrected chi connectivity index (χ1v) is 9.80. The molecule has 6 nitrogen and oxygen atoms in total. The number of nitrogens with zero attached hydrogens (tertiary/aromatic N) is 1. The van der Waals surface area contributed by atoms with Gasteiger partial charge >= 0.3 is 0 Å². The molecule has 3 rings (SSSR count). The molecule has 2 amide bonds. The van der Waals surface area contributed by atoms with Gasteiger partial charge in [0, 0.05) is 43.5 Å². The Labute approximate surface area is 164 Å². The zero-order chi connectivity index (χ0) is 17.6. The molecule has 0 radical (unpaired) electrons. The van der Waals surface area contributed by atoms with Crippen LogP contribution in [0.4, 0.5) is 0 Å². The Bertz CT molecular complexity index is 625. The summed E-state index contributed by atoms with van der Waals surface area (Å²) in [5, 5.41) is 15.8. The Morgan fingerprint density at radius 2 is 1.96 bits per heavy atom. The molecule has 0 saturated carbocycles. The Morgan fingerprint density at radius 3 is 2.65 bits per heavy atom. The highest BCUT2D eigenvalue weighted by atomic mass is 35.5. The number of hydrogen-bond donors (Lipinski definition) is 3. The third-order valence-corrected chi connectivity index (χ3v) is 5.83. The van der Waals surface area contributed by atoms with Gasteiger partial charge in [-0.05, 0) is 25.0 Å². The quantitative estimate of drug-likeness (QED) is 0.625. The number of hydrogen-bond acceptors (Lipinski definition) is 5. The fourth-order valence-electron chi connectivity index (χ4n) is 3.22. The van der Waals surface area contributed by atoms with Crippen molar-refractivity contribution in [1.29, 1.82) is 0 Å². The van der Waals surface area contributed by atoms with Crippen molar-refractivity contribution >= 4 is 36.0 Å². The predicted octanol–water partition coefficient (Wildman–Crippen LogP) is 1.13. The minimum absolute atomic E-state index is 0. The normalized spacial score (nSPS) is 22.1. The molecule has 3 N–H and O–H groups in total. The van der Waals surface area contributed by atoms with E-state index in [-0.39, 0.29) is 30.1 Å². The number of aliphatic hydroxyl groups excluding tert-OH is 1. The van der Waals surface area contributed by atoms with Crippen molar-refractivity contribution < 1.29 is 14.7 Å². The van der Waals surface area contributed by atoms with Crippen LogP contribution in [0.5, 0.6) is 0 Å². The van der Waals surface area contributed by atoms with Gasteiger partial charge in [-0.3, -0.25) is 9.59 Å². The Kier molecular flexibility index (Phi) is 8.21. The van der Waals surface area contributed by atoms with E-state index in [0.29, 0.717) is 31.0 Å². The first-order valence-electron chi connectivity index (χ1n) is 8.81. The predicted molar refractivity (Wildman–Crippen MR) is 105 cm³/mol. The Morgan fingerprint density at radius 1 is 1.23 bits per heavy atom. The number of carbonyl (C=O) groups excluding carboxylic acids is 2. The third-order valence-electron chi connectivity index (χ3n) is 4.77. The van der Waals surface area contributed by atoms with E-state index in [1.807, 2.05) is 23.1 Å². The monoisotopic (exact) mass is 399 g/mol. The minimum atomic E-state index is -0.414. The molecule has 2 atom stereocenters. The summed E-state index contributed by atoms with van der Waals surface area (Å²) in [4.78, 5) is 27.4. The molecule has 1 aromatic carbocycles. The van der Waals surface area contributed by atoms with Crippen LogP contribution in [-0.4, -0.2) is 66.4 Å². The number of rotatable bonds is 6. The number of β-amino-alcohol motifs (C(OH)–C–C–N with tert-alkyl or cyclic N) is 1. The lowest BCUT2D eigenvalue weighted by Gasteiger charge is -2.16. The molecular weight excluding hydrogens is 374 g/mol. The third kappa shape index (κ3) is 5.36. The molecule has 26 heavy (non-hydrogen) atoms. The molecule has 0 spiro atoms. The van der Waals surface area contributed by atoms with Gasteiger partial charge in [-0.15, -0.1) is 24.2 Å². The average Bonchev–Trinajstić information content (AvgIpc) is 3.29. The molecule has 2 unspecified atom stereocenters. The van der Waals surface area contributed by atoms with Crippen LogP contribution in [-0.2, 0) is 4.79 Å². The van der Waals surface area contributed by atoms with Crippen LogP contribution in [0.1, 0.15) is 23.2 Å². The van der Waals surface area contributed by atoms with Crippen molar-refractivity contribution in [2.75, 3.05) is 38.5 Å². The Balaban J connectivity index is 0.00000243. The second kappa shape index (κ2) is 10.2. The van der Waals surface area contributed by atoms with Crippen LogP contribution < -0.4 is 10.6 Å². The van der Waals surface area contributed by atoms with Crippen LogP contribution in [0, 0.1) is 5.92 Å². The van der Waals surface area contributed by atoms with Gasteiger partial charge in [0.25, 0.3) is 5.91 Å². The lowest BCUT2D eigenvalue weighted by atomic mass is 10.1. The van der Waals surface area contributed by atoms with E-state index >= 15 is 0 Å². The van der Waals surface area contributed by atoms with Gasteiger partial charge in [-0.2, -0.15) is 0 Å². The maximum atomic E-state index is 12.5. The molecule has 2 aliphatic heterocycles. The maximum Gasteiger partial charge on any atom is 0.252 e. The maximum absolute atomic E-state index is 12.5. The second-order valence-corrected chi connectivity index (χ2v) is 7.59. The van der Waals surface area contributed by atoms with Crippen LogP contribution >= 0.6 is 24.2 Å². The van der Waals surface area contributed by atoms with Gasteiger partial charge < -0.3 is 20.6 Å². The summed E-state index contributed by atoms with van der Waals surface area (Å²) in [7, 11) is 0. The number of aliphatic hydroxyl groups is 1. The van der Waals surface area contributed by atoms with Crippen LogP contribution in [0.15, 0.2) is 29.2 Å². The molecule has 8 heteroatoms. The molecule has 144 valence electrons. The SMILES string of the molecule is Cl.O=C(NCC1CNCC1O)c1ccccc1SCC(=O)N1CCCC1. The van der Waals surface area contributed by atoms with E-state index in [1.165, 1.54) is 11.8 Å².